The van der Waals surface area contributed by atoms with E-state index in [4.69, 9.17) is 0 Å². The fourth-order valence-electron chi connectivity index (χ4n) is 2.28. The lowest BCUT2D eigenvalue weighted by molar-refractivity contribution is 0.186. The van der Waals surface area contributed by atoms with Crippen LogP contribution in [0.1, 0.15) is 46.5 Å². The van der Waals surface area contributed by atoms with Gasteiger partial charge in [0, 0.05) is 18.6 Å². The van der Waals surface area contributed by atoms with Crippen molar-refractivity contribution >= 4 is 0 Å². The van der Waals surface area contributed by atoms with Gasteiger partial charge in [0.2, 0.25) is 0 Å². The van der Waals surface area contributed by atoms with Crippen molar-refractivity contribution in [1.29, 1.82) is 0 Å². The Bertz CT molecular complexity index is 160. The summed E-state index contributed by atoms with van der Waals surface area (Å²) in [6.45, 7) is 9.37. The van der Waals surface area contributed by atoms with Crippen molar-refractivity contribution in [3.63, 3.8) is 0 Å². The van der Waals surface area contributed by atoms with Crippen LogP contribution in [0.5, 0.6) is 0 Å². The Kier molecular flexibility index (Phi) is 5.62. The van der Waals surface area contributed by atoms with Crippen molar-refractivity contribution in [3.8, 4) is 0 Å². The topological polar surface area (TPSA) is 15.3 Å². The van der Waals surface area contributed by atoms with Crippen LogP contribution in [-0.4, -0.2) is 37.1 Å². The van der Waals surface area contributed by atoms with Crippen LogP contribution in [0.3, 0.4) is 0 Å². The van der Waals surface area contributed by atoms with Crippen LogP contribution in [0.2, 0.25) is 0 Å². The molecule has 0 bridgehead atoms. The number of hydrogen-bond donors (Lipinski definition) is 1. The minimum atomic E-state index is 0.690. The summed E-state index contributed by atoms with van der Waals surface area (Å²) in [7, 11) is 2.26. The number of nitrogens with one attached hydrogen (secondary N) is 1. The van der Waals surface area contributed by atoms with Crippen molar-refractivity contribution in [2.75, 3.05) is 20.1 Å². The van der Waals surface area contributed by atoms with Gasteiger partial charge < -0.3 is 10.2 Å². The lowest BCUT2D eigenvalue weighted by Crippen LogP contribution is -2.43. The van der Waals surface area contributed by atoms with Crippen molar-refractivity contribution in [2.45, 2.75) is 58.5 Å². The summed E-state index contributed by atoms with van der Waals surface area (Å²) in [5.74, 6) is 0.751. The van der Waals surface area contributed by atoms with Crippen LogP contribution in [-0.2, 0) is 0 Å². The molecule has 2 heteroatoms. The molecule has 90 valence electrons. The highest BCUT2D eigenvalue weighted by Crippen LogP contribution is 2.13. The summed E-state index contributed by atoms with van der Waals surface area (Å²) >= 11 is 0. The van der Waals surface area contributed by atoms with Gasteiger partial charge in [-0.15, -0.1) is 0 Å². The first kappa shape index (κ1) is 13.0. The number of likely N-dealkylation sites (N-methyl/N-ethyl adjacent to an activating group) is 1. The molecule has 1 aliphatic heterocycles. The first-order valence-electron chi connectivity index (χ1n) is 6.55. The van der Waals surface area contributed by atoms with E-state index in [1.54, 1.807) is 0 Å². The van der Waals surface area contributed by atoms with Gasteiger partial charge in [-0.05, 0) is 39.3 Å². The lowest BCUT2D eigenvalue weighted by atomic mass is 10.0. The number of hydrogen-bond acceptors (Lipinski definition) is 2. The summed E-state index contributed by atoms with van der Waals surface area (Å²) in [4.78, 5) is 2.51. The maximum absolute atomic E-state index is 3.66. The van der Waals surface area contributed by atoms with Crippen LogP contribution in [0.4, 0.5) is 0 Å². The van der Waals surface area contributed by atoms with Gasteiger partial charge in [-0.1, -0.05) is 26.7 Å². The largest absolute Gasteiger partial charge is 0.313 e. The molecule has 0 aromatic heterocycles. The van der Waals surface area contributed by atoms with E-state index >= 15 is 0 Å². The van der Waals surface area contributed by atoms with Crippen molar-refractivity contribution in [2.24, 2.45) is 5.92 Å². The van der Waals surface area contributed by atoms with Crippen molar-refractivity contribution in [1.82, 2.24) is 10.2 Å². The molecule has 0 saturated carbocycles. The molecule has 0 amide bonds. The number of nitrogens with zero attached hydrogens (tertiary/aromatic N) is 1. The van der Waals surface area contributed by atoms with Crippen LogP contribution in [0.25, 0.3) is 0 Å². The van der Waals surface area contributed by atoms with Crippen LogP contribution < -0.4 is 5.32 Å². The summed E-state index contributed by atoms with van der Waals surface area (Å²) < 4.78 is 0. The van der Waals surface area contributed by atoms with Crippen molar-refractivity contribution in [3.05, 3.63) is 0 Å². The predicted molar refractivity (Wildman–Crippen MR) is 67.2 cm³/mol. The summed E-state index contributed by atoms with van der Waals surface area (Å²) in [6.07, 6.45) is 5.53. The highest BCUT2D eigenvalue weighted by atomic mass is 15.2. The summed E-state index contributed by atoms with van der Waals surface area (Å²) in [6, 6.07) is 1.41. The zero-order valence-corrected chi connectivity index (χ0v) is 10.9. The van der Waals surface area contributed by atoms with E-state index in [9.17, 15) is 0 Å². The molecule has 1 aliphatic rings. The van der Waals surface area contributed by atoms with Gasteiger partial charge in [-0.2, -0.15) is 0 Å². The van der Waals surface area contributed by atoms with Gasteiger partial charge in [-0.3, -0.25) is 0 Å². The minimum absolute atomic E-state index is 0.690. The molecule has 1 fully saturated rings. The lowest BCUT2D eigenvalue weighted by Gasteiger charge is -2.31. The molecular weight excluding hydrogens is 184 g/mol. The zero-order chi connectivity index (χ0) is 11.3. The van der Waals surface area contributed by atoms with E-state index in [0.29, 0.717) is 6.04 Å². The predicted octanol–water partition coefficient (Wildman–Crippen LogP) is 2.49. The van der Waals surface area contributed by atoms with Crippen LogP contribution in [0.15, 0.2) is 0 Å². The van der Waals surface area contributed by atoms with Gasteiger partial charge >= 0.3 is 0 Å². The molecule has 1 saturated heterocycles. The molecule has 1 heterocycles. The normalized spacial score (nSPS) is 25.6. The van der Waals surface area contributed by atoms with Gasteiger partial charge in [0.05, 0.1) is 0 Å². The van der Waals surface area contributed by atoms with Gasteiger partial charge in [0.15, 0.2) is 0 Å². The Hall–Kier alpha value is -0.0800. The quantitative estimate of drug-likeness (QED) is 0.770. The molecule has 0 aromatic carbocycles. The first-order chi connectivity index (χ1) is 7.11. The maximum Gasteiger partial charge on any atom is 0.0195 e. The van der Waals surface area contributed by atoms with Crippen molar-refractivity contribution < 1.29 is 0 Å². The molecule has 1 N–H and O–H groups in total. The number of rotatable bonds is 4. The van der Waals surface area contributed by atoms with E-state index in [2.05, 4.69) is 38.0 Å². The molecule has 0 spiro atoms. The average molecular weight is 212 g/mol. The van der Waals surface area contributed by atoms with Gasteiger partial charge in [0.1, 0.15) is 0 Å². The maximum atomic E-state index is 3.66. The third-order valence-electron chi connectivity index (χ3n) is 3.83. The molecule has 0 radical (unpaired) electrons. The Balaban J connectivity index is 2.32. The Morgan fingerprint density at radius 1 is 1.20 bits per heavy atom. The molecular formula is C13H28N2. The first-order valence-corrected chi connectivity index (χ1v) is 6.55. The van der Waals surface area contributed by atoms with Gasteiger partial charge in [0.25, 0.3) is 0 Å². The molecule has 2 unspecified atom stereocenters. The van der Waals surface area contributed by atoms with E-state index in [1.807, 2.05) is 0 Å². The minimum Gasteiger partial charge on any atom is -0.313 e. The Morgan fingerprint density at radius 3 is 2.60 bits per heavy atom. The van der Waals surface area contributed by atoms with E-state index in [0.717, 1.165) is 12.0 Å². The van der Waals surface area contributed by atoms with E-state index in [1.165, 1.54) is 38.8 Å². The fraction of sp³-hybridized carbons (Fsp3) is 1.00. The van der Waals surface area contributed by atoms with Gasteiger partial charge in [-0.25, -0.2) is 0 Å². The highest BCUT2D eigenvalue weighted by Gasteiger charge is 2.18. The van der Waals surface area contributed by atoms with E-state index in [-0.39, 0.29) is 0 Å². The Labute approximate surface area is 95.4 Å². The second kappa shape index (κ2) is 6.49. The highest BCUT2D eigenvalue weighted by molar-refractivity contribution is 4.77. The molecule has 0 aliphatic carbocycles. The van der Waals surface area contributed by atoms with Crippen LogP contribution in [0, 0.1) is 5.92 Å². The SMILES string of the molecule is CC(C)C(C)N(C)CC1CCCCCN1. The molecule has 2 atom stereocenters. The fourth-order valence-corrected chi connectivity index (χ4v) is 2.28. The molecule has 15 heavy (non-hydrogen) atoms. The third-order valence-corrected chi connectivity index (χ3v) is 3.83. The second-order valence-corrected chi connectivity index (χ2v) is 5.42. The zero-order valence-electron chi connectivity index (χ0n) is 10.9. The van der Waals surface area contributed by atoms with E-state index < -0.39 is 0 Å². The molecule has 1 rings (SSSR count). The smallest absolute Gasteiger partial charge is 0.0195 e. The molecule has 2 nitrogen and oxygen atoms in total. The summed E-state index contributed by atoms with van der Waals surface area (Å²) in [5, 5.41) is 3.66. The monoisotopic (exact) mass is 212 g/mol. The molecule has 0 aromatic rings. The Morgan fingerprint density at radius 2 is 1.93 bits per heavy atom. The second-order valence-electron chi connectivity index (χ2n) is 5.42. The standard InChI is InChI=1S/C13H28N2/c1-11(2)12(3)15(4)10-13-8-6-5-7-9-14-13/h11-14H,5-10H2,1-4H3. The summed E-state index contributed by atoms with van der Waals surface area (Å²) in [5.41, 5.74) is 0. The third kappa shape index (κ3) is 4.52. The average Bonchev–Trinajstić information content (AvgIpc) is 2.45. The van der Waals surface area contributed by atoms with Crippen LogP contribution >= 0.6 is 0 Å².